The van der Waals surface area contributed by atoms with Gasteiger partial charge in [-0.2, -0.15) is 0 Å². The molecule has 1 saturated heterocycles. The molecule has 0 saturated carbocycles. The minimum atomic E-state index is -0.237. The average molecular weight is 457 g/mol. The number of hydrogen-bond acceptors (Lipinski definition) is 5. The highest BCUT2D eigenvalue weighted by molar-refractivity contribution is 5.26. The Morgan fingerprint density at radius 3 is 2.09 bits per heavy atom. The fourth-order valence-corrected chi connectivity index (χ4v) is 4.64. The zero-order valence-electron chi connectivity index (χ0n) is 19.2. The molecule has 7 heteroatoms. The van der Waals surface area contributed by atoms with Gasteiger partial charge in [-0.05, 0) is 45.7 Å². The number of piperazine rings is 1. The van der Waals surface area contributed by atoms with Gasteiger partial charge in [0.1, 0.15) is 5.82 Å². The van der Waals surface area contributed by atoms with Crippen LogP contribution in [0.5, 0.6) is 0 Å². The van der Waals surface area contributed by atoms with Crippen molar-refractivity contribution in [2.24, 2.45) is 0 Å². The second-order valence-corrected chi connectivity index (χ2v) is 8.75. The molecular formula is C27H29FN6. The van der Waals surface area contributed by atoms with Gasteiger partial charge in [0.2, 0.25) is 0 Å². The number of aryl methyl sites for hydroxylation is 2. The lowest BCUT2D eigenvalue weighted by Crippen LogP contribution is -2.48. The molecule has 0 amide bonds. The molecule has 0 spiro atoms. The van der Waals surface area contributed by atoms with E-state index >= 15 is 0 Å². The molecule has 0 unspecified atom stereocenters. The Bertz CT molecular complexity index is 1150. The Morgan fingerprint density at radius 2 is 1.41 bits per heavy atom. The third kappa shape index (κ3) is 5.38. The summed E-state index contributed by atoms with van der Waals surface area (Å²) in [7, 11) is 0. The molecule has 0 radical (unpaired) electrons. The van der Waals surface area contributed by atoms with Crippen LogP contribution in [0.1, 0.15) is 28.6 Å². The maximum atomic E-state index is 13.7. The Hall–Kier alpha value is -3.42. The molecule has 0 bridgehead atoms. The van der Waals surface area contributed by atoms with E-state index in [0.29, 0.717) is 6.54 Å². The summed E-state index contributed by atoms with van der Waals surface area (Å²) in [6, 6.07) is 27.6. The lowest BCUT2D eigenvalue weighted by Gasteiger charge is -2.39. The number of halogens is 1. The highest BCUT2D eigenvalue weighted by Gasteiger charge is 2.30. The van der Waals surface area contributed by atoms with Crippen molar-refractivity contribution in [2.75, 3.05) is 26.2 Å². The molecule has 1 atom stereocenters. The summed E-state index contributed by atoms with van der Waals surface area (Å²) in [6.07, 6.45) is 0.847. The van der Waals surface area contributed by atoms with Gasteiger partial charge in [-0.25, -0.2) is 9.07 Å². The highest BCUT2D eigenvalue weighted by Crippen LogP contribution is 2.28. The number of rotatable bonds is 8. The molecule has 0 N–H and O–H groups in total. The normalized spacial score (nSPS) is 15.9. The van der Waals surface area contributed by atoms with Crippen LogP contribution in [-0.2, 0) is 19.5 Å². The van der Waals surface area contributed by atoms with Crippen LogP contribution < -0.4 is 0 Å². The molecule has 2 heterocycles. The second-order valence-electron chi connectivity index (χ2n) is 8.75. The fourth-order valence-electron chi connectivity index (χ4n) is 4.64. The zero-order chi connectivity index (χ0) is 23.2. The summed E-state index contributed by atoms with van der Waals surface area (Å²) in [6.45, 7) is 5.33. The van der Waals surface area contributed by atoms with Crippen molar-refractivity contribution in [2.45, 2.75) is 25.6 Å². The smallest absolute Gasteiger partial charge is 0.173 e. The van der Waals surface area contributed by atoms with Crippen molar-refractivity contribution >= 4 is 0 Å². The van der Waals surface area contributed by atoms with Crippen molar-refractivity contribution in [1.82, 2.24) is 30.0 Å². The quantitative estimate of drug-likeness (QED) is 0.402. The average Bonchev–Trinajstić information content (AvgIpc) is 3.34. The van der Waals surface area contributed by atoms with Crippen LogP contribution in [-0.4, -0.2) is 56.2 Å². The van der Waals surface area contributed by atoms with E-state index < -0.39 is 0 Å². The highest BCUT2D eigenvalue weighted by atomic mass is 19.1. The van der Waals surface area contributed by atoms with Crippen LogP contribution in [0.3, 0.4) is 0 Å². The minimum absolute atomic E-state index is 0.120. The van der Waals surface area contributed by atoms with E-state index in [9.17, 15) is 4.39 Å². The van der Waals surface area contributed by atoms with E-state index in [1.807, 2.05) is 35.0 Å². The van der Waals surface area contributed by atoms with Gasteiger partial charge in [-0.3, -0.25) is 9.80 Å². The van der Waals surface area contributed by atoms with Gasteiger partial charge >= 0.3 is 0 Å². The van der Waals surface area contributed by atoms with Crippen LogP contribution in [0.15, 0.2) is 84.9 Å². The first kappa shape index (κ1) is 22.4. The van der Waals surface area contributed by atoms with Gasteiger partial charge in [0.25, 0.3) is 0 Å². The first-order valence-corrected chi connectivity index (χ1v) is 11.8. The molecule has 6 nitrogen and oxygen atoms in total. The zero-order valence-corrected chi connectivity index (χ0v) is 19.2. The Kier molecular flexibility index (Phi) is 7.02. The predicted molar refractivity (Wildman–Crippen MR) is 129 cm³/mol. The van der Waals surface area contributed by atoms with E-state index in [2.05, 4.69) is 67.8 Å². The molecule has 1 fully saturated rings. The Labute approximate surface area is 199 Å². The van der Waals surface area contributed by atoms with Crippen molar-refractivity contribution in [1.29, 1.82) is 0 Å². The van der Waals surface area contributed by atoms with Crippen LogP contribution in [0.2, 0.25) is 0 Å². The van der Waals surface area contributed by atoms with Crippen molar-refractivity contribution in [3.8, 4) is 0 Å². The van der Waals surface area contributed by atoms with E-state index in [1.165, 1.54) is 23.3 Å². The summed E-state index contributed by atoms with van der Waals surface area (Å²) in [5.41, 5.74) is 3.58. The lowest BCUT2D eigenvalue weighted by atomic mass is 10.0. The standard InChI is InChI=1S/C27H29FN6/c28-25-13-11-24(12-14-25)26(27-29-30-31-34(27)16-15-22-7-3-1-4-8-22)33-19-17-32(18-20-33)21-23-9-5-2-6-10-23/h1-14,26H,15-21H2/t26-/m0/s1. The summed E-state index contributed by atoms with van der Waals surface area (Å²) in [4.78, 5) is 4.89. The van der Waals surface area contributed by atoms with Gasteiger partial charge in [-0.1, -0.05) is 72.8 Å². The molecule has 174 valence electrons. The third-order valence-electron chi connectivity index (χ3n) is 6.47. The lowest BCUT2D eigenvalue weighted by molar-refractivity contribution is 0.100. The molecule has 1 aliphatic heterocycles. The van der Waals surface area contributed by atoms with E-state index in [1.54, 1.807) is 0 Å². The summed E-state index contributed by atoms with van der Waals surface area (Å²) < 4.78 is 15.6. The van der Waals surface area contributed by atoms with Gasteiger partial charge in [0.05, 0.1) is 6.04 Å². The van der Waals surface area contributed by atoms with Crippen molar-refractivity contribution in [3.05, 3.63) is 113 Å². The molecular weight excluding hydrogens is 427 g/mol. The van der Waals surface area contributed by atoms with Gasteiger partial charge in [-0.15, -0.1) is 5.10 Å². The SMILES string of the molecule is Fc1ccc([C@@H](c2nnnn2CCc2ccccc2)N2CCN(Cc3ccccc3)CC2)cc1. The number of hydrogen-bond donors (Lipinski definition) is 0. The maximum absolute atomic E-state index is 13.7. The van der Waals surface area contributed by atoms with Gasteiger partial charge in [0.15, 0.2) is 5.82 Å². The van der Waals surface area contributed by atoms with Gasteiger partial charge in [0, 0.05) is 39.3 Å². The Morgan fingerprint density at radius 1 is 0.765 bits per heavy atom. The molecule has 1 aliphatic rings. The fraction of sp³-hybridized carbons (Fsp3) is 0.296. The number of aromatic nitrogens is 4. The molecule has 0 aliphatic carbocycles. The van der Waals surface area contributed by atoms with E-state index in [4.69, 9.17) is 0 Å². The first-order chi connectivity index (χ1) is 16.8. The summed E-state index contributed by atoms with van der Waals surface area (Å²) >= 11 is 0. The van der Waals surface area contributed by atoms with Crippen LogP contribution in [0.25, 0.3) is 0 Å². The van der Waals surface area contributed by atoms with E-state index in [-0.39, 0.29) is 11.9 Å². The molecule has 34 heavy (non-hydrogen) atoms. The Balaban J connectivity index is 1.34. The van der Waals surface area contributed by atoms with Crippen LogP contribution in [0, 0.1) is 5.82 Å². The number of nitrogens with zero attached hydrogens (tertiary/aromatic N) is 6. The third-order valence-corrected chi connectivity index (χ3v) is 6.47. The molecule has 5 rings (SSSR count). The maximum Gasteiger partial charge on any atom is 0.173 e. The second kappa shape index (κ2) is 10.7. The predicted octanol–water partition coefficient (Wildman–Crippen LogP) is 3.96. The molecule has 4 aromatic rings. The minimum Gasteiger partial charge on any atom is -0.297 e. The van der Waals surface area contributed by atoms with E-state index in [0.717, 1.165) is 50.5 Å². The monoisotopic (exact) mass is 456 g/mol. The summed E-state index contributed by atoms with van der Waals surface area (Å²) in [5, 5.41) is 12.8. The molecule has 1 aromatic heterocycles. The van der Waals surface area contributed by atoms with Crippen LogP contribution >= 0.6 is 0 Å². The van der Waals surface area contributed by atoms with Crippen LogP contribution in [0.4, 0.5) is 4.39 Å². The van der Waals surface area contributed by atoms with Crippen molar-refractivity contribution in [3.63, 3.8) is 0 Å². The topological polar surface area (TPSA) is 50.1 Å². The number of benzene rings is 3. The van der Waals surface area contributed by atoms with Gasteiger partial charge < -0.3 is 0 Å². The van der Waals surface area contributed by atoms with Crippen molar-refractivity contribution < 1.29 is 4.39 Å². The first-order valence-electron chi connectivity index (χ1n) is 11.8. The summed E-state index contributed by atoms with van der Waals surface area (Å²) in [5.74, 6) is 0.567. The molecule has 3 aromatic carbocycles. The largest absolute Gasteiger partial charge is 0.297 e. The number of tetrazole rings is 1.